The number of hydrogen-bond acceptors (Lipinski definition) is 2. The summed E-state index contributed by atoms with van der Waals surface area (Å²) in [6.45, 7) is 2.37. The van der Waals surface area contributed by atoms with E-state index in [4.69, 9.17) is 16.9 Å². The van der Waals surface area contributed by atoms with Crippen molar-refractivity contribution in [2.45, 2.75) is 13.0 Å². The Morgan fingerprint density at radius 3 is 2.68 bits per heavy atom. The highest BCUT2D eigenvalue weighted by Crippen LogP contribution is 2.19. The molecule has 0 saturated carbocycles. The van der Waals surface area contributed by atoms with E-state index >= 15 is 0 Å². The molecule has 2 aromatic carbocycles. The Kier molecular flexibility index (Phi) is 5.54. The number of amides is 1. The van der Waals surface area contributed by atoms with E-state index in [1.54, 1.807) is 18.2 Å². The molecule has 0 aromatic heterocycles. The molecule has 0 radical (unpaired) electrons. The summed E-state index contributed by atoms with van der Waals surface area (Å²) in [5.41, 5.74) is 2.16. The van der Waals surface area contributed by atoms with Crippen molar-refractivity contribution in [3.63, 3.8) is 0 Å². The number of quaternary nitrogens is 1. The van der Waals surface area contributed by atoms with Crippen molar-refractivity contribution in [2.75, 3.05) is 11.9 Å². The second-order valence-electron chi connectivity index (χ2n) is 4.99. The average Bonchev–Trinajstić information content (AvgIpc) is 2.53. The van der Waals surface area contributed by atoms with E-state index in [0.29, 0.717) is 22.8 Å². The smallest absolute Gasteiger partial charge is 0.279 e. The zero-order valence-electron chi connectivity index (χ0n) is 12.2. The number of hydrogen-bond donors (Lipinski definition) is 2. The van der Waals surface area contributed by atoms with Gasteiger partial charge in [0, 0.05) is 11.3 Å². The van der Waals surface area contributed by atoms with Gasteiger partial charge in [0.15, 0.2) is 6.54 Å². The normalized spacial score (nSPS) is 11.5. The number of anilines is 1. The Labute approximate surface area is 134 Å². The van der Waals surface area contributed by atoms with E-state index in [1.165, 1.54) is 5.56 Å². The van der Waals surface area contributed by atoms with Gasteiger partial charge in [-0.25, -0.2) is 0 Å². The van der Waals surface area contributed by atoms with Crippen LogP contribution in [0.15, 0.2) is 48.5 Å². The Bertz CT molecular complexity index is 695. The Morgan fingerprint density at radius 1 is 1.32 bits per heavy atom. The van der Waals surface area contributed by atoms with Crippen LogP contribution in [0, 0.1) is 11.3 Å². The van der Waals surface area contributed by atoms with Crippen molar-refractivity contribution in [1.82, 2.24) is 0 Å². The number of rotatable bonds is 5. The molecule has 0 aliphatic carbocycles. The second kappa shape index (κ2) is 7.60. The zero-order chi connectivity index (χ0) is 15.9. The maximum Gasteiger partial charge on any atom is 0.279 e. The zero-order valence-corrected chi connectivity index (χ0v) is 13.0. The standard InChI is InChI=1S/C17H16ClN3O/c1-12(13-5-3-2-4-6-13)20-11-17(22)21-15-8-7-14(10-19)16(18)9-15/h2-9,12,20H,11H2,1H3,(H,21,22)/p+1/t12-/m0/s1. The molecule has 0 bridgehead atoms. The fourth-order valence-electron chi connectivity index (χ4n) is 2.07. The lowest BCUT2D eigenvalue weighted by molar-refractivity contribution is -0.682. The number of nitrogens with two attached hydrogens (primary N) is 1. The molecule has 3 N–H and O–H groups in total. The first-order chi connectivity index (χ1) is 10.6. The van der Waals surface area contributed by atoms with Crippen molar-refractivity contribution >= 4 is 23.2 Å². The van der Waals surface area contributed by atoms with E-state index in [9.17, 15) is 4.79 Å². The van der Waals surface area contributed by atoms with Gasteiger partial charge in [0.1, 0.15) is 12.1 Å². The second-order valence-corrected chi connectivity index (χ2v) is 5.40. The van der Waals surface area contributed by atoms with E-state index in [1.807, 2.05) is 41.7 Å². The summed E-state index contributed by atoms with van der Waals surface area (Å²) in [6.07, 6.45) is 0. The summed E-state index contributed by atoms with van der Waals surface area (Å²) in [6, 6.07) is 17.1. The van der Waals surface area contributed by atoms with Crippen molar-refractivity contribution < 1.29 is 10.1 Å². The molecule has 0 heterocycles. The lowest BCUT2D eigenvalue weighted by Gasteiger charge is -2.11. The van der Waals surface area contributed by atoms with Crippen LogP contribution in [0.3, 0.4) is 0 Å². The molecular formula is C17H17ClN3O+. The molecule has 0 unspecified atom stereocenters. The van der Waals surface area contributed by atoms with Gasteiger partial charge in [-0.1, -0.05) is 41.9 Å². The van der Waals surface area contributed by atoms with E-state index in [-0.39, 0.29) is 11.9 Å². The lowest BCUT2D eigenvalue weighted by Crippen LogP contribution is -2.86. The fraction of sp³-hybridized carbons (Fsp3) is 0.176. The number of nitrogens with one attached hydrogen (secondary N) is 1. The van der Waals surface area contributed by atoms with Crippen LogP contribution in [0.5, 0.6) is 0 Å². The minimum Gasteiger partial charge on any atom is -0.333 e. The molecular weight excluding hydrogens is 298 g/mol. The van der Waals surface area contributed by atoms with Crippen molar-refractivity contribution in [2.24, 2.45) is 0 Å². The van der Waals surface area contributed by atoms with Gasteiger partial charge in [0.2, 0.25) is 0 Å². The quantitative estimate of drug-likeness (QED) is 0.890. The number of nitrogens with zero attached hydrogens (tertiary/aromatic N) is 1. The largest absolute Gasteiger partial charge is 0.333 e. The predicted octanol–water partition coefficient (Wildman–Crippen LogP) is 2.47. The molecule has 0 fully saturated rings. The van der Waals surface area contributed by atoms with Gasteiger partial charge < -0.3 is 10.6 Å². The highest BCUT2D eigenvalue weighted by atomic mass is 35.5. The molecule has 2 aromatic rings. The van der Waals surface area contributed by atoms with Crippen LogP contribution < -0.4 is 10.6 Å². The highest BCUT2D eigenvalue weighted by molar-refractivity contribution is 6.32. The van der Waals surface area contributed by atoms with Crippen LogP contribution in [0.4, 0.5) is 5.69 Å². The molecule has 2 rings (SSSR count). The molecule has 0 aliphatic rings. The van der Waals surface area contributed by atoms with Crippen LogP contribution in [0.1, 0.15) is 24.1 Å². The molecule has 5 heteroatoms. The van der Waals surface area contributed by atoms with Gasteiger partial charge in [0.25, 0.3) is 5.91 Å². The third kappa shape index (κ3) is 4.32. The van der Waals surface area contributed by atoms with E-state index in [0.717, 1.165) is 0 Å². The molecule has 22 heavy (non-hydrogen) atoms. The Hall–Kier alpha value is -2.35. The predicted molar refractivity (Wildman–Crippen MR) is 86.4 cm³/mol. The van der Waals surface area contributed by atoms with E-state index < -0.39 is 0 Å². The topological polar surface area (TPSA) is 69.5 Å². The minimum atomic E-state index is -0.108. The summed E-state index contributed by atoms with van der Waals surface area (Å²) in [5.74, 6) is -0.108. The SMILES string of the molecule is C[C@H]([NH2+]CC(=O)Nc1ccc(C#N)c(Cl)c1)c1ccccc1. The molecule has 112 valence electrons. The third-order valence-corrected chi connectivity index (χ3v) is 3.67. The van der Waals surface area contributed by atoms with Crippen LogP contribution >= 0.6 is 11.6 Å². The van der Waals surface area contributed by atoms with Crippen LogP contribution in [0.2, 0.25) is 5.02 Å². The summed E-state index contributed by atoms with van der Waals surface area (Å²) in [5, 5.41) is 13.9. The van der Waals surface area contributed by atoms with Gasteiger partial charge in [-0.05, 0) is 25.1 Å². The Balaban J connectivity index is 1.88. The minimum absolute atomic E-state index is 0.108. The maximum absolute atomic E-state index is 12.0. The Morgan fingerprint density at radius 2 is 2.05 bits per heavy atom. The van der Waals surface area contributed by atoms with Crippen molar-refractivity contribution in [1.29, 1.82) is 5.26 Å². The summed E-state index contributed by atoms with van der Waals surface area (Å²) in [4.78, 5) is 12.0. The summed E-state index contributed by atoms with van der Waals surface area (Å²) < 4.78 is 0. The molecule has 4 nitrogen and oxygen atoms in total. The third-order valence-electron chi connectivity index (χ3n) is 3.36. The molecule has 1 atom stereocenters. The van der Waals surface area contributed by atoms with Gasteiger partial charge in [-0.2, -0.15) is 5.26 Å². The number of benzene rings is 2. The molecule has 0 aliphatic heterocycles. The molecule has 0 saturated heterocycles. The molecule has 0 spiro atoms. The van der Waals surface area contributed by atoms with Gasteiger partial charge in [0.05, 0.1) is 10.6 Å². The first-order valence-electron chi connectivity index (χ1n) is 6.98. The number of carbonyl (C=O) groups excluding carboxylic acids is 1. The van der Waals surface area contributed by atoms with Gasteiger partial charge >= 0.3 is 0 Å². The van der Waals surface area contributed by atoms with Crippen LogP contribution in [0.25, 0.3) is 0 Å². The van der Waals surface area contributed by atoms with Gasteiger partial charge in [-0.3, -0.25) is 4.79 Å². The fourth-order valence-corrected chi connectivity index (χ4v) is 2.29. The first kappa shape index (κ1) is 16.0. The van der Waals surface area contributed by atoms with Crippen LogP contribution in [-0.2, 0) is 4.79 Å². The maximum atomic E-state index is 12.0. The monoisotopic (exact) mass is 314 g/mol. The van der Waals surface area contributed by atoms with Gasteiger partial charge in [-0.15, -0.1) is 0 Å². The summed E-state index contributed by atoms with van der Waals surface area (Å²) in [7, 11) is 0. The van der Waals surface area contributed by atoms with E-state index in [2.05, 4.69) is 12.2 Å². The van der Waals surface area contributed by atoms with Crippen molar-refractivity contribution in [3.8, 4) is 6.07 Å². The average molecular weight is 315 g/mol. The highest BCUT2D eigenvalue weighted by Gasteiger charge is 2.11. The van der Waals surface area contributed by atoms with Crippen molar-refractivity contribution in [3.05, 3.63) is 64.7 Å². The lowest BCUT2D eigenvalue weighted by atomic mass is 10.1. The first-order valence-corrected chi connectivity index (χ1v) is 7.35. The number of carbonyl (C=O) groups is 1. The number of halogens is 1. The summed E-state index contributed by atoms with van der Waals surface area (Å²) >= 11 is 5.94. The number of nitriles is 1. The van der Waals surface area contributed by atoms with Crippen LogP contribution in [-0.4, -0.2) is 12.5 Å². The molecule has 1 amide bonds.